The van der Waals surface area contributed by atoms with Gasteiger partial charge in [-0.15, -0.1) is 0 Å². The van der Waals surface area contributed by atoms with Gasteiger partial charge in [0, 0.05) is 31.0 Å². The molecule has 2 aromatic heterocycles. The Balaban J connectivity index is 1.60. The zero-order valence-corrected chi connectivity index (χ0v) is 20.2. The average Bonchev–Trinajstić information content (AvgIpc) is 3.11. The van der Waals surface area contributed by atoms with Gasteiger partial charge in [-0.1, -0.05) is 18.2 Å². The van der Waals surface area contributed by atoms with E-state index in [0.717, 1.165) is 37.4 Å². The number of anilines is 2. The minimum atomic E-state index is -0.0872. The van der Waals surface area contributed by atoms with Gasteiger partial charge in [0.15, 0.2) is 5.65 Å². The molecule has 0 unspecified atom stereocenters. The molecule has 34 heavy (non-hydrogen) atoms. The van der Waals surface area contributed by atoms with E-state index in [9.17, 15) is 4.79 Å². The zero-order chi connectivity index (χ0) is 23.8. The van der Waals surface area contributed by atoms with E-state index in [1.54, 1.807) is 10.9 Å². The maximum Gasteiger partial charge on any atom is 0.278 e. The molecule has 0 radical (unpaired) electrons. The molecule has 0 saturated carbocycles. The van der Waals surface area contributed by atoms with Crippen molar-refractivity contribution in [3.8, 4) is 5.69 Å². The third-order valence-electron chi connectivity index (χ3n) is 6.12. The first kappa shape index (κ1) is 22.3. The smallest absolute Gasteiger partial charge is 0.278 e. The van der Waals surface area contributed by atoms with Crippen molar-refractivity contribution in [2.24, 2.45) is 0 Å². The van der Waals surface area contributed by atoms with E-state index in [2.05, 4.69) is 50.8 Å². The fourth-order valence-corrected chi connectivity index (χ4v) is 4.61. The molecule has 0 bridgehead atoms. The van der Waals surface area contributed by atoms with Crippen molar-refractivity contribution >= 4 is 22.7 Å². The van der Waals surface area contributed by atoms with Crippen LogP contribution in [0.2, 0.25) is 0 Å². The Kier molecular flexibility index (Phi) is 5.93. The largest absolute Gasteiger partial charge is 0.324 e. The Morgan fingerprint density at radius 1 is 1.15 bits per heavy atom. The molecule has 0 atom stereocenters. The fourth-order valence-electron chi connectivity index (χ4n) is 4.61. The van der Waals surface area contributed by atoms with Crippen LogP contribution in [-0.2, 0) is 19.5 Å². The van der Waals surface area contributed by atoms with Crippen LogP contribution in [0.15, 0.2) is 53.5 Å². The first-order valence-corrected chi connectivity index (χ1v) is 11.7. The maximum absolute atomic E-state index is 13.3. The topological polar surface area (TPSA) is 80.0 Å². The van der Waals surface area contributed by atoms with E-state index >= 15 is 0 Å². The van der Waals surface area contributed by atoms with Crippen molar-refractivity contribution in [2.45, 2.75) is 39.4 Å². The number of rotatable bonds is 6. The van der Waals surface area contributed by atoms with Crippen molar-refractivity contribution in [1.29, 1.82) is 0 Å². The van der Waals surface area contributed by atoms with Crippen molar-refractivity contribution in [3.63, 3.8) is 0 Å². The Hall–Kier alpha value is -3.49. The van der Waals surface area contributed by atoms with E-state index < -0.39 is 0 Å². The normalized spacial score (nSPS) is 13.6. The molecule has 0 spiro atoms. The van der Waals surface area contributed by atoms with Crippen molar-refractivity contribution in [3.05, 3.63) is 75.7 Å². The summed E-state index contributed by atoms with van der Waals surface area (Å²) in [6.45, 7) is 6.72. The SMILES string of the molecule is CC(C)n1c(=O)c2cnc(Nc3ccc4c(c3)CCNC4)nc2n1-c1cccc(CN(C)C)c1. The zero-order valence-electron chi connectivity index (χ0n) is 20.2. The van der Waals surface area contributed by atoms with Crippen molar-refractivity contribution in [1.82, 2.24) is 29.5 Å². The highest BCUT2D eigenvalue weighted by Crippen LogP contribution is 2.24. The number of nitrogens with one attached hydrogen (secondary N) is 2. The third-order valence-corrected chi connectivity index (χ3v) is 6.12. The van der Waals surface area contributed by atoms with Gasteiger partial charge in [0.25, 0.3) is 5.56 Å². The van der Waals surface area contributed by atoms with Crippen molar-refractivity contribution in [2.75, 3.05) is 26.0 Å². The lowest BCUT2D eigenvalue weighted by atomic mass is 10.0. The van der Waals surface area contributed by atoms with Gasteiger partial charge in [-0.25, -0.2) is 14.3 Å². The number of fused-ring (bicyclic) bond motifs is 2. The Morgan fingerprint density at radius 2 is 2.00 bits per heavy atom. The van der Waals surface area contributed by atoms with Crippen LogP contribution in [0.4, 0.5) is 11.6 Å². The molecular weight excluding hydrogens is 426 g/mol. The molecule has 1 aliphatic rings. The molecule has 8 heteroatoms. The lowest BCUT2D eigenvalue weighted by Crippen LogP contribution is -2.24. The Morgan fingerprint density at radius 3 is 2.79 bits per heavy atom. The summed E-state index contributed by atoms with van der Waals surface area (Å²) in [6, 6.07) is 14.6. The molecule has 176 valence electrons. The van der Waals surface area contributed by atoms with Crippen LogP contribution in [0.3, 0.4) is 0 Å². The number of aromatic nitrogens is 4. The summed E-state index contributed by atoms with van der Waals surface area (Å²) in [5.41, 5.74) is 6.20. The Bertz CT molecular complexity index is 1400. The summed E-state index contributed by atoms with van der Waals surface area (Å²) < 4.78 is 3.68. The van der Waals surface area contributed by atoms with Crippen molar-refractivity contribution < 1.29 is 0 Å². The van der Waals surface area contributed by atoms with E-state index in [0.29, 0.717) is 17.0 Å². The van der Waals surface area contributed by atoms with Gasteiger partial charge in [-0.3, -0.25) is 4.79 Å². The molecule has 1 aliphatic heterocycles. The van der Waals surface area contributed by atoms with E-state index in [1.165, 1.54) is 16.7 Å². The summed E-state index contributed by atoms with van der Waals surface area (Å²) in [6.07, 6.45) is 2.64. The molecule has 0 saturated heterocycles. The van der Waals surface area contributed by atoms with Gasteiger partial charge in [0.1, 0.15) is 5.39 Å². The first-order chi connectivity index (χ1) is 16.4. The second kappa shape index (κ2) is 9.04. The second-order valence-electron chi connectivity index (χ2n) is 9.43. The van der Waals surface area contributed by atoms with Gasteiger partial charge in [-0.2, -0.15) is 4.98 Å². The monoisotopic (exact) mass is 457 g/mol. The third kappa shape index (κ3) is 4.22. The molecule has 0 fully saturated rings. The van der Waals surface area contributed by atoms with Crippen LogP contribution in [0.1, 0.15) is 36.6 Å². The van der Waals surface area contributed by atoms with Crippen LogP contribution >= 0.6 is 0 Å². The number of benzene rings is 2. The predicted octanol–water partition coefficient (Wildman–Crippen LogP) is 3.61. The predicted molar refractivity (Wildman–Crippen MR) is 136 cm³/mol. The second-order valence-corrected chi connectivity index (χ2v) is 9.43. The standard InChI is InChI=1S/C26H31N7O/c1-17(2)32-25(34)23-15-28-26(29-21-9-8-20-14-27-11-10-19(20)13-21)30-24(23)33(32)22-7-5-6-18(12-22)16-31(3)4/h5-9,12-13,15,17,27H,10-11,14,16H2,1-4H3,(H,28,29,30). The van der Waals surface area contributed by atoms with E-state index in [-0.39, 0.29) is 11.6 Å². The van der Waals surface area contributed by atoms with E-state index in [4.69, 9.17) is 4.98 Å². The summed E-state index contributed by atoms with van der Waals surface area (Å²) >= 11 is 0. The summed E-state index contributed by atoms with van der Waals surface area (Å²) in [7, 11) is 4.09. The van der Waals surface area contributed by atoms with Crippen LogP contribution in [0, 0.1) is 0 Å². The quantitative estimate of drug-likeness (QED) is 0.460. The number of hydrogen-bond donors (Lipinski definition) is 2. The number of hydrogen-bond acceptors (Lipinski definition) is 6. The molecular formula is C26H31N7O. The van der Waals surface area contributed by atoms with Crippen LogP contribution in [0.5, 0.6) is 0 Å². The van der Waals surface area contributed by atoms with Gasteiger partial charge < -0.3 is 15.5 Å². The summed E-state index contributed by atoms with van der Waals surface area (Å²) in [5, 5.41) is 7.25. The average molecular weight is 458 g/mol. The molecule has 5 rings (SSSR count). The minimum absolute atomic E-state index is 0.0372. The lowest BCUT2D eigenvalue weighted by Gasteiger charge is -2.18. The molecule has 0 amide bonds. The highest BCUT2D eigenvalue weighted by molar-refractivity contribution is 5.77. The molecule has 3 heterocycles. The lowest BCUT2D eigenvalue weighted by molar-refractivity contribution is 0.402. The maximum atomic E-state index is 13.3. The molecule has 2 aromatic carbocycles. The summed E-state index contributed by atoms with van der Waals surface area (Å²) in [4.78, 5) is 24.7. The fraction of sp³-hybridized carbons (Fsp3) is 0.346. The summed E-state index contributed by atoms with van der Waals surface area (Å²) in [5.74, 6) is 0.473. The molecule has 0 aliphatic carbocycles. The molecule has 8 nitrogen and oxygen atoms in total. The first-order valence-electron chi connectivity index (χ1n) is 11.7. The van der Waals surface area contributed by atoms with E-state index in [1.807, 2.05) is 44.8 Å². The van der Waals surface area contributed by atoms with Gasteiger partial charge in [-0.05, 0) is 81.9 Å². The van der Waals surface area contributed by atoms with Crippen LogP contribution in [0.25, 0.3) is 16.7 Å². The van der Waals surface area contributed by atoms with Gasteiger partial charge >= 0.3 is 0 Å². The minimum Gasteiger partial charge on any atom is -0.324 e. The van der Waals surface area contributed by atoms with Gasteiger partial charge in [0.2, 0.25) is 5.95 Å². The highest BCUT2D eigenvalue weighted by Gasteiger charge is 2.20. The van der Waals surface area contributed by atoms with Crippen LogP contribution in [-0.4, -0.2) is 44.9 Å². The molecule has 2 N–H and O–H groups in total. The highest BCUT2D eigenvalue weighted by atomic mass is 16.1. The molecule has 4 aromatic rings. The number of nitrogens with zero attached hydrogens (tertiary/aromatic N) is 5. The van der Waals surface area contributed by atoms with Gasteiger partial charge in [0.05, 0.1) is 5.69 Å². The van der Waals surface area contributed by atoms with Crippen LogP contribution < -0.4 is 16.2 Å². The Labute approximate surface area is 199 Å².